The summed E-state index contributed by atoms with van der Waals surface area (Å²) in [6.45, 7) is 4.12. The Labute approximate surface area is 229 Å². The number of nitrogens with two attached hydrogens (primary N) is 1. The lowest BCUT2D eigenvalue weighted by molar-refractivity contribution is -0.149. The minimum atomic E-state index is -4.32. The van der Waals surface area contributed by atoms with Crippen LogP contribution in [0.1, 0.15) is 33.4 Å². The average molecular weight is 579 g/mol. The molecule has 0 radical (unpaired) electrons. The summed E-state index contributed by atoms with van der Waals surface area (Å²) in [6, 6.07) is 8.21. The first kappa shape index (κ1) is 28.8. The van der Waals surface area contributed by atoms with Gasteiger partial charge in [0.05, 0.1) is 12.9 Å². The Morgan fingerprint density at radius 2 is 2.13 bits per heavy atom. The summed E-state index contributed by atoms with van der Waals surface area (Å²) in [7, 11) is -4.32. The number of halogens is 1. The predicted octanol–water partition coefficient (Wildman–Crippen LogP) is 2.85. The number of ether oxygens (including phenoxy) is 2. The Morgan fingerprint density at radius 3 is 2.79 bits per heavy atom. The highest BCUT2D eigenvalue weighted by molar-refractivity contribution is 7.52. The third-order valence-corrected chi connectivity index (χ3v) is 7.83. The van der Waals surface area contributed by atoms with E-state index in [0.29, 0.717) is 0 Å². The van der Waals surface area contributed by atoms with Crippen LogP contribution in [0.2, 0.25) is 5.28 Å². The maximum atomic E-state index is 14.0. The zero-order chi connectivity index (χ0) is 28.4. The number of hydrogen-bond acceptors (Lipinski definition) is 11. The van der Waals surface area contributed by atoms with Gasteiger partial charge >= 0.3 is 13.7 Å². The van der Waals surface area contributed by atoms with E-state index in [1.807, 2.05) is 0 Å². The second-order valence-electron chi connectivity index (χ2n) is 9.19. The van der Waals surface area contributed by atoms with Crippen LogP contribution in [0.25, 0.3) is 11.2 Å². The van der Waals surface area contributed by atoms with E-state index in [1.54, 1.807) is 37.3 Å². The number of benzene rings is 1. The van der Waals surface area contributed by atoms with Gasteiger partial charge in [-0.1, -0.05) is 24.1 Å². The number of carbonyl (C=O) groups excluding carboxylic acids is 1. The molecule has 0 bridgehead atoms. The van der Waals surface area contributed by atoms with Crippen molar-refractivity contribution in [2.45, 2.75) is 50.7 Å². The molecule has 3 aromatic rings. The number of anilines is 1. The van der Waals surface area contributed by atoms with E-state index in [1.165, 1.54) is 24.7 Å². The van der Waals surface area contributed by atoms with Crippen molar-refractivity contribution in [1.29, 1.82) is 0 Å². The van der Waals surface area contributed by atoms with Gasteiger partial charge in [-0.3, -0.25) is 13.9 Å². The van der Waals surface area contributed by atoms with Gasteiger partial charge in [-0.05, 0) is 44.5 Å². The number of nitrogens with zero attached hydrogens (tertiary/aromatic N) is 4. The van der Waals surface area contributed by atoms with Gasteiger partial charge in [0, 0.05) is 6.42 Å². The van der Waals surface area contributed by atoms with Crippen LogP contribution in [0.15, 0.2) is 36.7 Å². The minimum absolute atomic E-state index is 0.00609. The van der Waals surface area contributed by atoms with Crippen LogP contribution in [-0.4, -0.2) is 61.1 Å². The summed E-state index contributed by atoms with van der Waals surface area (Å²) in [5.74, 6) is 2.02. The Kier molecular flexibility index (Phi) is 8.18. The van der Waals surface area contributed by atoms with Gasteiger partial charge in [-0.2, -0.15) is 15.1 Å². The minimum Gasteiger partial charge on any atom is -0.465 e. The summed E-state index contributed by atoms with van der Waals surface area (Å²) >= 11 is 5.96. The van der Waals surface area contributed by atoms with E-state index in [0.717, 1.165) is 0 Å². The first-order valence-corrected chi connectivity index (χ1v) is 13.8. The molecule has 4 rings (SSSR count). The molecule has 1 aromatic carbocycles. The molecule has 4 N–H and O–H groups in total. The molecule has 1 aliphatic rings. The van der Waals surface area contributed by atoms with Crippen molar-refractivity contribution in [2.24, 2.45) is 0 Å². The van der Waals surface area contributed by atoms with Gasteiger partial charge in [-0.25, -0.2) is 9.55 Å². The van der Waals surface area contributed by atoms with E-state index >= 15 is 0 Å². The number of fused-ring (bicyclic) bond motifs is 1. The van der Waals surface area contributed by atoms with Crippen LogP contribution in [0.5, 0.6) is 5.75 Å². The summed E-state index contributed by atoms with van der Waals surface area (Å²) < 4.78 is 38.0. The molecular weight excluding hydrogens is 551 g/mol. The number of imidazole rings is 1. The van der Waals surface area contributed by atoms with Gasteiger partial charge < -0.3 is 24.8 Å². The largest absolute Gasteiger partial charge is 0.465 e. The maximum Gasteiger partial charge on any atom is 0.459 e. The molecule has 0 amide bonds. The second kappa shape index (κ2) is 11.1. The molecule has 208 valence electrons. The highest BCUT2D eigenvalue weighted by Crippen LogP contribution is 2.49. The molecule has 39 heavy (non-hydrogen) atoms. The van der Waals surface area contributed by atoms with Crippen molar-refractivity contribution >= 4 is 42.3 Å². The van der Waals surface area contributed by atoms with Gasteiger partial charge in [0.1, 0.15) is 35.7 Å². The molecule has 2 aromatic heterocycles. The number of aromatic nitrogens is 4. The predicted molar refractivity (Wildman–Crippen MR) is 142 cm³/mol. The number of nitrogens with one attached hydrogen (secondary N) is 1. The number of nitrogen functional groups attached to an aromatic ring is 1. The molecule has 1 fully saturated rings. The molecule has 15 heteroatoms. The van der Waals surface area contributed by atoms with Crippen LogP contribution in [-0.2, 0) is 23.4 Å². The SMILES string of the molecule is C#C[C@]1(COP(=O)(NC(C)(C)C(=O)OCC)Oc2ccccc2)O[C@@H](n2cnc3c(N)nc(Cl)nc32)C[C@@H]1O. The molecule has 0 saturated carbocycles. The van der Waals surface area contributed by atoms with Crippen molar-refractivity contribution in [1.82, 2.24) is 24.6 Å². The Morgan fingerprint density at radius 1 is 1.41 bits per heavy atom. The number of carbonyl (C=O) groups is 1. The second-order valence-corrected chi connectivity index (χ2v) is 11.2. The average Bonchev–Trinajstić information content (AvgIpc) is 3.44. The zero-order valence-electron chi connectivity index (χ0n) is 21.4. The molecule has 4 atom stereocenters. The van der Waals surface area contributed by atoms with E-state index in [2.05, 4.69) is 26.0 Å². The monoisotopic (exact) mass is 578 g/mol. The lowest BCUT2D eigenvalue weighted by atomic mass is 9.99. The number of para-hydroxylation sites is 1. The van der Waals surface area contributed by atoms with Crippen LogP contribution in [0.4, 0.5) is 5.82 Å². The van der Waals surface area contributed by atoms with Crippen LogP contribution < -0.4 is 15.3 Å². The standard InChI is InChI=1S/C24H28ClN6O7P/c1-5-24(16(32)12-17(37-24)31-14-27-18-19(26)28-22(25)29-20(18)31)13-36-39(34,38-15-10-8-7-9-11-15)30-23(3,4)21(33)35-6-2/h1,7-11,14,16-17,32H,6,12-13H2,2-4H3,(H,30,34)(H2,26,28,29)/t16-,17+,24+,39?/m0/s1. The smallest absolute Gasteiger partial charge is 0.459 e. The fourth-order valence-corrected chi connectivity index (χ4v) is 5.80. The van der Waals surface area contributed by atoms with Gasteiger partial charge in [0.2, 0.25) is 5.28 Å². The van der Waals surface area contributed by atoms with Crippen LogP contribution >= 0.6 is 19.3 Å². The Hall–Kier alpha value is -3.24. The maximum absolute atomic E-state index is 14.0. The van der Waals surface area contributed by atoms with Crippen molar-refractivity contribution in [3.63, 3.8) is 0 Å². The lowest BCUT2D eigenvalue weighted by Crippen LogP contribution is -2.48. The lowest BCUT2D eigenvalue weighted by Gasteiger charge is -2.32. The van der Waals surface area contributed by atoms with Gasteiger partial charge in [0.25, 0.3) is 0 Å². The fraction of sp³-hybridized carbons (Fsp3) is 0.417. The summed E-state index contributed by atoms with van der Waals surface area (Å²) in [5.41, 5.74) is 3.22. The first-order valence-electron chi connectivity index (χ1n) is 11.9. The number of aliphatic hydroxyl groups is 1. The summed E-state index contributed by atoms with van der Waals surface area (Å²) in [5, 5.41) is 13.5. The molecule has 3 heterocycles. The summed E-state index contributed by atoms with van der Waals surface area (Å²) in [6.07, 6.45) is 5.10. The normalized spacial score (nSPS) is 22.8. The summed E-state index contributed by atoms with van der Waals surface area (Å²) in [4.78, 5) is 24.7. The molecule has 0 aliphatic carbocycles. The molecule has 1 aliphatic heterocycles. The Bertz CT molecular complexity index is 1450. The zero-order valence-corrected chi connectivity index (χ0v) is 23.1. The number of rotatable bonds is 10. The molecule has 1 unspecified atom stereocenters. The Balaban J connectivity index is 1.60. The van der Waals surface area contributed by atoms with Crippen LogP contribution in [0, 0.1) is 12.3 Å². The van der Waals surface area contributed by atoms with E-state index in [-0.39, 0.29) is 41.0 Å². The number of hydrogen-bond donors (Lipinski definition) is 3. The van der Waals surface area contributed by atoms with Crippen molar-refractivity contribution in [3.8, 4) is 18.1 Å². The van der Waals surface area contributed by atoms with Crippen molar-refractivity contribution < 1.29 is 33.0 Å². The fourth-order valence-electron chi connectivity index (χ4n) is 3.93. The first-order chi connectivity index (χ1) is 18.4. The molecule has 13 nitrogen and oxygen atoms in total. The third-order valence-electron chi connectivity index (χ3n) is 5.91. The van der Waals surface area contributed by atoms with Crippen LogP contribution in [0.3, 0.4) is 0 Å². The molecule has 1 saturated heterocycles. The topological polar surface area (TPSA) is 173 Å². The van der Waals surface area contributed by atoms with Gasteiger partial charge in [-0.15, -0.1) is 6.42 Å². The van der Waals surface area contributed by atoms with E-state index in [4.69, 9.17) is 42.3 Å². The quantitative estimate of drug-likeness (QED) is 0.139. The molecular formula is C24H28ClN6O7P. The third kappa shape index (κ3) is 6.01. The van der Waals surface area contributed by atoms with Crippen molar-refractivity contribution in [2.75, 3.05) is 18.9 Å². The molecule has 0 spiro atoms. The highest BCUT2D eigenvalue weighted by atomic mass is 35.5. The highest BCUT2D eigenvalue weighted by Gasteiger charge is 2.51. The number of terminal acetylenes is 1. The number of aliphatic hydroxyl groups excluding tert-OH is 1. The van der Waals surface area contributed by atoms with Gasteiger partial charge in [0.15, 0.2) is 17.1 Å². The van der Waals surface area contributed by atoms with E-state index < -0.39 is 43.8 Å². The van der Waals surface area contributed by atoms with Crippen molar-refractivity contribution in [3.05, 3.63) is 41.9 Å². The number of esters is 1. The van der Waals surface area contributed by atoms with E-state index in [9.17, 15) is 14.5 Å².